The fraction of sp³-hybridized carbons (Fsp3) is 0.0870. The van der Waals surface area contributed by atoms with Crippen molar-refractivity contribution in [2.45, 2.75) is 13.1 Å². The smallest absolute Gasteiger partial charge is 0.248 e. The number of hydrogen-bond donors (Lipinski definition) is 1. The predicted molar refractivity (Wildman–Crippen MR) is 118 cm³/mol. The van der Waals surface area contributed by atoms with Gasteiger partial charge in [0, 0.05) is 30.1 Å². The highest BCUT2D eigenvalue weighted by Gasteiger charge is 2.19. The molecule has 32 heavy (non-hydrogen) atoms. The quantitative estimate of drug-likeness (QED) is 0.400. The topological polar surface area (TPSA) is 61.9 Å². The van der Waals surface area contributed by atoms with E-state index in [0.717, 1.165) is 16.3 Å². The van der Waals surface area contributed by atoms with Gasteiger partial charge in [0.2, 0.25) is 5.56 Å². The molecule has 0 spiro atoms. The summed E-state index contributed by atoms with van der Waals surface area (Å²) in [4.78, 5) is 25.8. The number of H-pyrrole nitrogens is 1. The van der Waals surface area contributed by atoms with Gasteiger partial charge in [-0.2, -0.15) is 0 Å². The molecule has 0 saturated carbocycles. The number of pyridine rings is 1. The third-order valence-corrected chi connectivity index (χ3v) is 6.04. The highest BCUT2D eigenvalue weighted by atomic mass is 32.1. The molecule has 0 saturated heterocycles. The van der Waals surface area contributed by atoms with E-state index in [1.165, 1.54) is 35.9 Å². The summed E-state index contributed by atoms with van der Waals surface area (Å²) in [6.45, 7) is 0.258. The van der Waals surface area contributed by atoms with Crippen LogP contribution in [0.1, 0.15) is 11.1 Å². The Bertz CT molecular complexity index is 1510. The average Bonchev–Trinajstić information content (AvgIpc) is 3.26. The molecule has 5 aromatic rings. The van der Waals surface area contributed by atoms with Gasteiger partial charge in [-0.15, -0.1) is 11.3 Å². The van der Waals surface area contributed by atoms with Crippen LogP contribution in [0.4, 0.5) is 19.0 Å². The van der Waals surface area contributed by atoms with E-state index >= 15 is 0 Å². The van der Waals surface area contributed by atoms with E-state index in [1.54, 1.807) is 23.1 Å². The Morgan fingerprint density at radius 1 is 0.906 bits per heavy atom. The van der Waals surface area contributed by atoms with E-state index in [-0.39, 0.29) is 24.4 Å². The average molecular weight is 452 g/mol. The van der Waals surface area contributed by atoms with Crippen molar-refractivity contribution in [3.63, 3.8) is 0 Å². The molecule has 0 fully saturated rings. The molecule has 2 aromatic carbocycles. The van der Waals surface area contributed by atoms with E-state index in [2.05, 4.69) is 15.0 Å². The van der Waals surface area contributed by atoms with Gasteiger partial charge in [-0.25, -0.2) is 23.1 Å². The lowest BCUT2D eigenvalue weighted by Gasteiger charge is -2.25. The fourth-order valence-electron chi connectivity index (χ4n) is 3.74. The highest BCUT2D eigenvalue weighted by molar-refractivity contribution is 7.16. The van der Waals surface area contributed by atoms with Gasteiger partial charge in [-0.3, -0.25) is 4.79 Å². The molecule has 0 aliphatic carbocycles. The first-order valence-corrected chi connectivity index (χ1v) is 10.6. The lowest BCUT2D eigenvalue weighted by Crippen LogP contribution is -2.25. The zero-order valence-corrected chi connectivity index (χ0v) is 17.3. The molecule has 9 heteroatoms. The lowest BCUT2D eigenvalue weighted by molar-refractivity contribution is 0.515. The fourth-order valence-corrected chi connectivity index (χ4v) is 4.47. The van der Waals surface area contributed by atoms with Crippen molar-refractivity contribution < 1.29 is 13.2 Å². The van der Waals surface area contributed by atoms with Crippen molar-refractivity contribution >= 4 is 38.3 Å². The molecule has 0 unspecified atom stereocenters. The van der Waals surface area contributed by atoms with Crippen molar-refractivity contribution in [1.29, 1.82) is 0 Å². The van der Waals surface area contributed by atoms with Gasteiger partial charge in [0.1, 0.15) is 22.8 Å². The number of nitrogens with one attached hydrogen (secondary N) is 1. The molecule has 0 aliphatic heterocycles. The predicted octanol–water partition coefficient (Wildman–Crippen LogP) is 5.16. The standard InChI is InChI=1S/C23H15F3N4OS/c24-17-4-2-1-3-13(17)10-30(22-16-7-8-32-23(16)28-12-27-22)11-14-9-19(31)29-21-15(14)5-6-18(25)20(21)26/h1-9,12H,10-11H2,(H,29,31). The number of rotatable bonds is 5. The normalized spacial score (nSPS) is 11.3. The van der Waals surface area contributed by atoms with Gasteiger partial charge in [-0.05, 0) is 35.2 Å². The Balaban J connectivity index is 1.67. The molecule has 5 rings (SSSR count). The van der Waals surface area contributed by atoms with Crippen LogP contribution in [0.3, 0.4) is 0 Å². The summed E-state index contributed by atoms with van der Waals surface area (Å²) in [7, 11) is 0. The molecule has 1 N–H and O–H groups in total. The van der Waals surface area contributed by atoms with Crippen LogP contribution in [-0.2, 0) is 13.1 Å². The number of hydrogen-bond acceptors (Lipinski definition) is 5. The molecule has 0 bridgehead atoms. The van der Waals surface area contributed by atoms with Crippen molar-refractivity contribution in [3.05, 3.63) is 99.2 Å². The molecular weight excluding hydrogens is 437 g/mol. The third kappa shape index (κ3) is 3.60. The Hall–Kier alpha value is -3.72. The highest BCUT2D eigenvalue weighted by Crippen LogP contribution is 2.30. The van der Waals surface area contributed by atoms with Gasteiger partial charge in [0.15, 0.2) is 11.6 Å². The van der Waals surface area contributed by atoms with Crippen LogP contribution in [0.25, 0.3) is 21.1 Å². The van der Waals surface area contributed by atoms with Gasteiger partial charge in [0.05, 0.1) is 10.9 Å². The second-order valence-electron chi connectivity index (χ2n) is 7.23. The maximum absolute atomic E-state index is 14.5. The number of nitrogens with zero attached hydrogens (tertiary/aromatic N) is 3. The third-order valence-electron chi connectivity index (χ3n) is 5.21. The largest absolute Gasteiger partial charge is 0.347 e. The zero-order valence-electron chi connectivity index (χ0n) is 16.5. The number of thiophene rings is 1. The van der Waals surface area contributed by atoms with E-state index in [0.29, 0.717) is 22.3 Å². The monoisotopic (exact) mass is 452 g/mol. The molecule has 160 valence electrons. The number of benzene rings is 2. The van der Waals surface area contributed by atoms with Crippen molar-refractivity contribution in [2.75, 3.05) is 4.90 Å². The second kappa shape index (κ2) is 8.08. The summed E-state index contributed by atoms with van der Waals surface area (Å²) in [6, 6.07) is 12.0. The summed E-state index contributed by atoms with van der Waals surface area (Å²) < 4.78 is 42.6. The van der Waals surface area contributed by atoms with Crippen molar-refractivity contribution in [3.8, 4) is 0 Å². The van der Waals surface area contributed by atoms with Crippen LogP contribution in [0, 0.1) is 17.5 Å². The minimum Gasteiger partial charge on any atom is -0.347 e. The van der Waals surface area contributed by atoms with Crippen LogP contribution in [-0.4, -0.2) is 15.0 Å². The van der Waals surface area contributed by atoms with Gasteiger partial charge in [0.25, 0.3) is 0 Å². The first-order chi connectivity index (χ1) is 15.5. The molecule has 5 nitrogen and oxygen atoms in total. The first-order valence-electron chi connectivity index (χ1n) is 9.68. The Labute approximate surface area is 183 Å². The van der Waals surface area contributed by atoms with E-state index in [4.69, 9.17) is 0 Å². The molecule has 3 heterocycles. The molecule has 3 aromatic heterocycles. The maximum Gasteiger partial charge on any atom is 0.248 e. The number of aromatic amines is 1. The van der Waals surface area contributed by atoms with Crippen LogP contribution < -0.4 is 10.5 Å². The first kappa shape index (κ1) is 20.2. The number of halogens is 3. The Morgan fingerprint density at radius 2 is 1.72 bits per heavy atom. The van der Waals surface area contributed by atoms with Gasteiger partial charge in [-0.1, -0.05) is 18.2 Å². The molecule has 0 atom stereocenters. The summed E-state index contributed by atoms with van der Waals surface area (Å²) in [6.07, 6.45) is 1.42. The van der Waals surface area contributed by atoms with E-state index in [1.807, 2.05) is 11.4 Å². The zero-order chi connectivity index (χ0) is 22.2. The summed E-state index contributed by atoms with van der Waals surface area (Å²) >= 11 is 1.45. The van der Waals surface area contributed by atoms with Gasteiger partial charge < -0.3 is 9.88 Å². The minimum atomic E-state index is -1.12. The van der Waals surface area contributed by atoms with Crippen LogP contribution in [0.2, 0.25) is 0 Å². The number of fused-ring (bicyclic) bond motifs is 2. The molecule has 0 amide bonds. The van der Waals surface area contributed by atoms with Crippen LogP contribution in [0.5, 0.6) is 0 Å². The van der Waals surface area contributed by atoms with Crippen LogP contribution in [0.15, 0.2) is 65.0 Å². The minimum absolute atomic E-state index is 0.113. The van der Waals surface area contributed by atoms with Crippen molar-refractivity contribution in [1.82, 2.24) is 15.0 Å². The van der Waals surface area contributed by atoms with E-state index < -0.39 is 17.2 Å². The summed E-state index contributed by atoms with van der Waals surface area (Å²) in [5, 5.41) is 3.02. The van der Waals surface area contributed by atoms with Crippen LogP contribution >= 0.6 is 11.3 Å². The lowest BCUT2D eigenvalue weighted by atomic mass is 10.1. The Kier molecular flexibility index (Phi) is 5.10. The van der Waals surface area contributed by atoms with Crippen molar-refractivity contribution in [2.24, 2.45) is 0 Å². The Morgan fingerprint density at radius 3 is 2.56 bits per heavy atom. The summed E-state index contributed by atoms with van der Waals surface area (Å²) in [5.41, 5.74) is 0.120. The second-order valence-corrected chi connectivity index (χ2v) is 8.12. The SMILES string of the molecule is O=c1cc(CN(Cc2ccccc2F)c2ncnc3sccc23)c2ccc(F)c(F)c2[nH]1. The summed E-state index contributed by atoms with van der Waals surface area (Å²) in [5.74, 6) is -2.00. The number of anilines is 1. The van der Waals surface area contributed by atoms with E-state index in [9.17, 15) is 18.0 Å². The maximum atomic E-state index is 14.5. The molecule has 0 radical (unpaired) electrons. The van der Waals surface area contributed by atoms with Gasteiger partial charge >= 0.3 is 0 Å². The number of aromatic nitrogens is 3. The molecule has 0 aliphatic rings. The molecular formula is C23H15F3N4OS.